The molecule has 0 atom stereocenters. The molecule has 2 N–H and O–H groups in total. The van der Waals surface area contributed by atoms with Gasteiger partial charge in [0.1, 0.15) is 28.6 Å². The maximum atomic E-state index is 12.2. The third kappa shape index (κ3) is 4.88. The number of aryl methyl sites for hydroxylation is 1. The van der Waals surface area contributed by atoms with Crippen LogP contribution in [0.4, 0.5) is 10.5 Å². The number of carbonyl (C=O) groups is 1. The van der Waals surface area contributed by atoms with Gasteiger partial charge in [0.2, 0.25) is 0 Å². The Balaban J connectivity index is 1.30. The number of hydrogen-bond acceptors (Lipinski definition) is 5. The molecule has 34 heavy (non-hydrogen) atoms. The van der Waals surface area contributed by atoms with E-state index in [0.717, 1.165) is 53.4 Å². The van der Waals surface area contributed by atoms with Gasteiger partial charge in [0.25, 0.3) is 0 Å². The molecular weight excluding hydrogens is 428 g/mol. The van der Waals surface area contributed by atoms with Crippen LogP contribution in [0.3, 0.4) is 0 Å². The summed E-state index contributed by atoms with van der Waals surface area (Å²) in [7, 11) is 0. The van der Waals surface area contributed by atoms with Gasteiger partial charge in [-0.05, 0) is 74.1 Å². The van der Waals surface area contributed by atoms with Crippen molar-refractivity contribution in [3.05, 3.63) is 77.4 Å². The van der Waals surface area contributed by atoms with Gasteiger partial charge in [0, 0.05) is 17.7 Å². The zero-order valence-electron chi connectivity index (χ0n) is 19.2. The summed E-state index contributed by atoms with van der Waals surface area (Å²) in [5.41, 5.74) is 5.59. The number of aromatic hydroxyl groups is 1. The Morgan fingerprint density at radius 3 is 2.38 bits per heavy atom. The van der Waals surface area contributed by atoms with Crippen LogP contribution in [-0.4, -0.2) is 32.3 Å². The fraction of sp³-hybridized carbons (Fsp3) is 0.296. The maximum absolute atomic E-state index is 12.2. The van der Waals surface area contributed by atoms with E-state index in [0.29, 0.717) is 17.8 Å². The molecule has 0 unspecified atom stereocenters. The Morgan fingerprint density at radius 2 is 1.71 bits per heavy atom. The number of hydrogen-bond donors (Lipinski definition) is 2. The highest BCUT2D eigenvalue weighted by Crippen LogP contribution is 2.30. The van der Waals surface area contributed by atoms with Gasteiger partial charge in [0.05, 0.1) is 0 Å². The summed E-state index contributed by atoms with van der Waals surface area (Å²) in [6.45, 7) is 1.99. The van der Waals surface area contributed by atoms with Crippen LogP contribution in [0.15, 0.2) is 60.7 Å². The van der Waals surface area contributed by atoms with Gasteiger partial charge in [-0.1, -0.05) is 36.8 Å². The third-order valence-electron chi connectivity index (χ3n) is 6.24. The minimum absolute atomic E-state index is 0.0217. The van der Waals surface area contributed by atoms with Crippen molar-refractivity contribution in [3.63, 3.8) is 0 Å². The molecular formula is C27H28N4O3. The quantitative estimate of drug-likeness (QED) is 0.390. The minimum Gasteiger partial charge on any atom is -0.505 e. The number of ether oxygens (including phenoxy) is 1. The molecule has 7 nitrogen and oxygen atoms in total. The second-order valence-corrected chi connectivity index (χ2v) is 8.93. The molecule has 0 bridgehead atoms. The van der Waals surface area contributed by atoms with Crippen LogP contribution in [0, 0.1) is 6.92 Å². The number of fused-ring (bicyclic) bond motifs is 1. The number of carbonyl (C=O) groups excluding carboxylic acids is 1. The molecule has 0 radical (unpaired) electrons. The Kier molecular flexibility index (Phi) is 6.16. The normalized spacial score (nSPS) is 14.3. The van der Waals surface area contributed by atoms with Gasteiger partial charge >= 0.3 is 6.09 Å². The highest BCUT2D eigenvalue weighted by molar-refractivity contribution is 5.84. The van der Waals surface area contributed by atoms with Crippen molar-refractivity contribution in [2.45, 2.75) is 51.6 Å². The number of amides is 1. The van der Waals surface area contributed by atoms with Gasteiger partial charge in [-0.3, -0.25) is 5.32 Å². The summed E-state index contributed by atoms with van der Waals surface area (Å²) in [6, 6.07) is 19.1. The summed E-state index contributed by atoms with van der Waals surface area (Å²) >= 11 is 0. The lowest BCUT2D eigenvalue weighted by atomic mass is 9.98. The van der Waals surface area contributed by atoms with Gasteiger partial charge in [0.15, 0.2) is 0 Å². The molecule has 1 saturated carbocycles. The topological polar surface area (TPSA) is 89.3 Å². The SMILES string of the molecule is Cc1cc(Cc2ccc(NC(=O)OC3CCCCC3)cc2)c(O)c(-n2nc3ccccc3n2)c1. The van der Waals surface area contributed by atoms with Crippen molar-refractivity contribution < 1.29 is 14.6 Å². The molecule has 3 aromatic carbocycles. The second kappa shape index (κ2) is 9.55. The second-order valence-electron chi connectivity index (χ2n) is 8.93. The first-order chi connectivity index (χ1) is 16.5. The number of nitrogens with one attached hydrogen (secondary N) is 1. The molecule has 1 heterocycles. The first kappa shape index (κ1) is 21.9. The van der Waals surface area contributed by atoms with Gasteiger partial charge in [-0.2, -0.15) is 0 Å². The Bertz CT molecular complexity index is 1270. The van der Waals surface area contributed by atoms with Crippen LogP contribution >= 0.6 is 0 Å². The zero-order chi connectivity index (χ0) is 23.5. The number of nitrogens with zero attached hydrogens (tertiary/aromatic N) is 3. The molecule has 1 amide bonds. The lowest BCUT2D eigenvalue weighted by Crippen LogP contribution is -2.24. The standard InChI is InChI=1S/C27H28N4O3/c1-18-15-20(26(32)25(16-18)31-29-23-9-5-6-10-24(23)30-31)17-19-11-13-21(14-12-19)28-27(33)34-22-7-3-2-4-8-22/h5-6,9-16,22,32H,2-4,7-8,17H2,1H3,(H,28,33). The van der Waals surface area contributed by atoms with Gasteiger partial charge < -0.3 is 9.84 Å². The number of rotatable bonds is 5. The van der Waals surface area contributed by atoms with E-state index in [-0.39, 0.29) is 11.9 Å². The summed E-state index contributed by atoms with van der Waals surface area (Å²) in [5, 5.41) is 22.8. The molecule has 4 aromatic rings. The highest BCUT2D eigenvalue weighted by Gasteiger charge is 2.18. The first-order valence-electron chi connectivity index (χ1n) is 11.8. The van der Waals surface area contributed by atoms with E-state index < -0.39 is 6.09 Å². The molecule has 7 heteroatoms. The number of benzene rings is 3. The molecule has 1 aliphatic rings. The number of phenols is 1. The van der Waals surface area contributed by atoms with Crippen LogP contribution in [0.5, 0.6) is 5.75 Å². The molecule has 5 rings (SSSR count). The van der Waals surface area contributed by atoms with Crippen LogP contribution in [0.25, 0.3) is 16.7 Å². The van der Waals surface area contributed by atoms with Crippen molar-refractivity contribution in [3.8, 4) is 11.4 Å². The summed E-state index contributed by atoms with van der Waals surface area (Å²) in [4.78, 5) is 13.7. The first-order valence-corrected chi connectivity index (χ1v) is 11.8. The van der Waals surface area contributed by atoms with Crippen molar-refractivity contribution in [2.24, 2.45) is 0 Å². The molecule has 1 aliphatic carbocycles. The van der Waals surface area contributed by atoms with Gasteiger partial charge in [-0.25, -0.2) is 4.79 Å². The largest absolute Gasteiger partial charge is 0.505 e. The van der Waals surface area contributed by atoms with Crippen molar-refractivity contribution in [1.82, 2.24) is 15.0 Å². The van der Waals surface area contributed by atoms with Crippen LogP contribution in [0.2, 0.25) is 0 Å². The van der Waals surface area contributed by atoms with Crippen LogP contribution in [0.1, 0.15) is 48.8 Å². The van der Waals surface area contributed by atoms with E-state index in [4.69, 9.17) is 4.74 Å². The molecule has 174 valence electrons. The smallest absolute Gasteiger partial charge is 0.411 e. The van der Waals surface area contributed by atoms with Crippen molar-refractivity contribution in [2.75, 3.05) is 5.32 Å². The molecule has 0 aliphatic heterocycles. The summed E-state index contributed by atoms with van der Waals surface area (Å²) in [5.74, 6) is 0.157. The lowest BCUT2D eigenvalue weighted by Gasteiger charge is -2.21. The van der Waals surface area contributed by atoms with E-state index in [2.05, 4.69) is 15.5 Å². The van der Waals surface area contributed by atoms with Crippen molar-refractivity contribution in [1.29, 1.82) is 0 Å². The Morgan fingerprint density at radius 1 is 1.03 bits per heavy atom. The van der Waals surface area contributed by atoms with E-state index in [1.165, 1.54) is 11.2 Å². The molecule has 1 aromatic heterocycles. The lowest BCUT2D eigenvalue weighted by molar-refractivity contribution is 0.0865. The van der Waals surface area contributed by atoms with E-state index >= 15 is 0 Å². The summed E-state index contributed by atoms with van der Waals surface area (Å²) < 4.78 is 5.53. The molecule has 0 saturated heterocycles. The molecule has 1 fully saturated rings. The Hall–Kier alpha value is -3.87. The fourth-order valence-electron chi connectivity index (χ4n) is 4.50. The number of aromatic nitrogens is 3. The third-order valence-corrected chi connectivity index (χ3v) is 6.24. The monoisotopic (exact) mass is 456 g/mol. The van der Waals surface area contributed by atoms with E-state index in [1.54, 1.807) is 0 Å². The minimum atomic E-state index is -0.403. The van der Waals surface area contributed by atoms with E-state index in [9.17, 15) is 9.90 Å². The van der Waals surface area contributed by atoms with E-state index in [1.807, 2.05) is 67.6 Å². The maximum Gasteiger partial charge on any atom is 0.411 e. The number of phenolic OH excluding ortho intramolecular Hbond substituents is 1. The average molecular weight is 457 g/mol. The number of anilines is 1. The van der Waals surface area contributed by atoms with Gasteiger partial charge in [-0.15, -0.1) is 15.0 Å². The highest BCUT2D eigenvalue weighted by atomic mass is 16.6. The Labute approximate surface area is 198 Å². The van der Waals surface area contributed by atoms with Crippen molar-refractivity contribution >= 4 is 22.8 Å². The predicted octanol–water partition coefficient (Wildman–Crippen LogP) is 5.91. The summed E-state index contributed by atoms with van der Waals surface area (Å²) in [6.07, 6.45) is 5.49. The molecule has 0 spiro atoms. The zero-order valence-corrected chi connectivity index (χ0v) is 19.2. The predicted molar refractivity (Wildman–Crippen MR) is 131 cm³/mol. The average Bonchev–Trinajstić information content (AvgIpc) is 3.27. The fourth-order valence-corrected chi connectivity index (χ4v) is 4.50. The van der Waals surface area contributed by atoms with Crippen LogP contribution < -0.4 is 5.32 Å². The van der Waals surface area contributed by atoms with Crippen LogP contribution in [-0.2, 0) is 11.2 Å².